The largest absolute Gasteiger partial charge is 0.390 e. The Hall–Kier alpha value is -1.49. The van der Waals surface area contributed by atoms with Crippen molar-refractivity contribution in [3.8, 4) is 0 Å². The van der Waals surface area contributed by atoms with Crippen LogP contribution >= 0.6 is 0 Å². The van der Waals surface area contributed by atoms with Crippen LogP contribution in [0.2, 0.25) is 0 Å². The molecule has 0 aliphatic carbocycles. The molecule has 5 heteroatoms. The van der Waals surface area contributed by atoms with Gasteiger partial charge in [0.15, 0.2) is 0 Å². The van der Waals surface area contributed by atoms with Crippen molar-refractivity contribution in [3.05, 3.63) is 25.6 Å². The van der Waals surface area contributed by atoms with E-state index in [9.17, 15) is 4.79 Å². The van der Waals surface area contributed by atoms with Gasteiger partial charge in [-0.3, -0.25) is 9.69 Å². The predicted octanol–water partition coefficient (Wildman–Crippen LogP) is 0.527. The number of hydrogen-bond donors (Lipinski definition) is 3. The Labute approximate surface area is 111 Å². The van der Waals surface area contributed by atoms with Crippen LogP contribution in [0.3, 0.4) is 0 Å². The zero-order valence-corrected chi connectivity index (χ0v) is 11.7. The van der Waals surface area contributed by atoms with Crippen LogP contribution in [-0.4, -0.2) is 50.6 Å². The van der Waals surface area contributed by atoms with Crippen molar-refractivity contribution in [2.45, 2.75) is 13.8 Å². The molecule has 0 heterocycles. The van der Waals surface area contributed by atoms with Gasteiger partial charge in [-0.15, -0.1) is 0 Å². The number of carbonyl (C=O) groups excluding carboxylic acids is 1. The molecule has 0 spiro atoms. The molecule has 0 fully saturated rings. The average molecular weight is 256 g/mol. The quantitative estimate of drug-likeness (QED) is 0.352. The first-order valence-corrected chi connectivity index (χ1v) is 6.43. The molecule has 3 N–H and O–H groups in total. The molecule has 0 aliphatic rings. The molecule has 0 aromatic rings. The fourth-order valence-corrected chi connectivity index (χ4v) is 1.27. The summed E-state index contributed by atoms with van der Waals surface area (Å²) in [6.45, 7) is 16.3. The van der Waals surface area contributed by atoms with Crippen LogP contribution in [0.25, 0.3) is 0 Å². The summed E-state index contributed by atoms with van der Waals surface area (Å²) in [5, 5.41) is 8.76. The zero-order chi connectivity index (χ0) is 14.1. The Morgan fingerprint density at radius 1 is 0.889 bits per heavy atom. The van der Waals surface area contributed by atoms with Gasteiger partial charge in [-0.25, -0.2) is 0 Å². The lowest BCUT2D eigenvalue weighted by atomic mass is 10.4. The van der Waals surface area contributed by atoms with E-state index in [1.807, 2.05) is 13.8 Å². The van der Waals surface area contributed by atoms with Crippen molar-refractivity contribution in [2.75, 3.05) is 39.3 Å². The summed E-state index contributed by atoms with van der Waals surface area (Å²) in [4.78, 5) is 12.4. The van der Waals surface area contributed by atoms with Crippen LogP contribution in [-0.2, 0) is 4.79 Å². The molecule has 0 radical (unpaired) electrons. The van der Waals surface area contributed by atoms with E-state index in [1.165, 1.54) is 0 Å². The van der Waals surface area contributed by atoms with Gasteiger partial charge >= 0.3 is 0 Å². The normalized spacial score (nSPS) is 8.83. The lowest BCUT2D eigenvalue weighted by Crippen LogP contribution is -2.39. The lowest BCUT2D eigenvalue weighted by Gasteiger charge is -2.21. The maximum atomic E-state index is 10.1. The zero-order valence-electron chi connectivity index (χ0n) is 11.7. The molecular weight excluding hydrogens is 228 g/mol. The second-order valence-corrected chi connectivity index (χ2v) is 3.23. The molecule has 0 unspecified atom stereocenters. The number of amides is 1. The summed E-state index contributed by atoms with van der Waals surface area (Å²) >= 11 is 0. The Balaban J connectivity index is 0. The number of nitrogens with one attached hydrogen (secondary N) is 3. The van der Waals surface area contributed by atoms with Crippen LogP contribution in [0.15, 0.2) is 25.6 Å². The van der Waals surface area contributed by atoms with Crippen LogP contribution < -0.4 is 16.0 Å². The lowest BCUT2D eigenvalue weighted by molar-refractivity contribution is -0.109. The number of hydrogen-bond acceptors (Lipinski definition) is 4. The summed E-state index contributed by atoms with van der Waals surface area (Å²) in [6, 6.07) is 0. The van der Waals surface area contributed by atoms with Crippen LogP contribution in [0.4, 0.5) is 0 Å². The van der Waals surface area contributed by atoms with Crippen molar-refractivity contribution in [2.24, 2.45) is 0 Å². The maximum absolute atomic E-state index is 10.1. The van der Waals surface area contributed by atoms with E-state index in [0.717, 1.165) is 39.1 Å². The van der Waals surface area contributed by atoms with Gasteiger partial charge in [-0.05, 0) is 12.4 Å². The number of nitrogens with zero attached hydrogens (tertiary/aromatic N) is 1. The van der Waals surface area contributed by atoms with E-state index in [4.69, 9.17) is 0 Å². The Morgan fingerprint density at radius 3 is 1.61 bits per heavy atom. The van der Waals surface area contributed by atoms with Gasteiger partial charge in [-0.2, -0.15) is 0 Å². The molecule has 0 saturated carbocycles. The van der Waals surface area contributed by atoms with Crippen LogP contribution in [0.5, 0.6) is 0 Å². The molecule has 1 amide bonds. The van der Waals surface area contributed by atoms with Gasteiger partial charge < -0.3 is 16.0 Å². The average Bonchev–Trinajstić information content (AvgIpc) is 2.41. The first-order valence-electron chi connectivity index (χ1n) is 6.43. The highest BCUT2D eigenvalue weighted by atomic mass is 16.1. The van der Waals surface area contributed by atoms with Gasteiger partial charge in [0.2, 0.25) is 6.41 Å². The highest BCUT2D eigenvalue weighted by Gasteiger charge is 2.02. The number of rotatable bonds is 12. The highest BCUT2D eigenvalue weighted by molar-refractivity contribution is 5.45. The van der Waals surface area contributed by atoms with Crippen molar-refractivity contribution < 1.29 is 4.79 Å². The van der Waals surface area contributed by atoms with Gasteiger partial charge in [0, 0.05) is 39.3 Å². The Kier molecular flexibility index (Phi) is 18.7. The molecule has 0 rings (SSSR count). The van der Waals surface area contributed by atoms with Crippen molar-refractivity contribution >= 4 is 6.41 Å². The minimum absolute atomic E-state index is 0.672. The molecule has 0 aliphatic heterocycles. The molecule has 0 aromatic heterocycles. The SMILES string of the molecule is C=CNCCN(CCNC=C)CCNC=O.CC. The predicted molar refractivity (Wildman–Crippen MR) is 78.3 cm³/mol. The molecule has 0 atom stereocenters. The van der Waals surface area contributed by atoms with Crippen molar-refractivity contribution in [1.29, 1.82) is 0 Å². The summed E-state index contributed by atoms with van der Waals surface area (Å²) in [7, 11) is 0. The second-order valence-electron chi connectivity index (χ2n) is 3.23. The van der Waals surface area contributed by atoms with E-state index in [-0.39, 0.29) is 0 Å². The molecule has 18 heavy (non-hydrogen) atoms. The third kappa shape index (κ3) is 14.5. The second kappa shape index (κ2) is 17.9. The molecule has 0 aromatic carbocycles. The standard InChI is InChI=1S/C11H22N4O.C2H6/c1-3-12-5-8-15(9-6-13-4-2)10-7-14-11-16;1-2/h3-4,11-13H,1-2,5-10H2,(H,14,16);1-2H3. The van der Waals surface area contributed by atoms with Gasteiger partial charge in [-0.1, -0.05) is 27.0 Å². The molecule has 0 saturated heterocycles. The van der Waals surface area contributed by atoms with Crippen molar-refractivity contribution in [3.63, 3.8) is 0 Å². The molecule has 0 bridgehead atoms. The Morgan fingerprint density at radius 2 is 1.28 bits per heavy atom. The monoisotopic (exact) mass is 256 g/mol. The maximum Gasteiger partial charge on any atom is 0.207 e. The van der Waals surface area contributed by atoms with E-state index in [0.29, 0.717) is 6.54 Å². The third-order valence-electron chi connectivity index (χ3n) is 2.09. The fraction of sp³-hybridized carbons (Fsp3) is 0.615. The van der Waals surface area contributed by atoms with E-state index >= 15 is 0 Å². The van der Waals surface area contributed by atoms with E-state index in [2.05, 4.69) is 34.0 Å². The number of carbonyl (C=O) groups is 1. The molecule has 106 valence electrons. The van der Waals surface area contributed by atoms with E-state index in [1.54, 1.807) is 12.4 Å². The highest BCUT2D eigenvalue weighted by Crippen LogP contribution is 1.85. The minimum Gasteiger partial charge on any atom is -0.390 e. The third-order valence-corrected chi connectivity index (χ3v) is 2.09. The summed E-state index contributed by atoms with van der Waals surface area (Å²) in [6.07, 6.45) is 4.09. The Bertz CT molecular complexity index is 164. The van der Waals surface area contributed by atoms with Gasteiger partial charge in [0.05, 0.1) is 0 Å². The van der Waals surface area contributed by atoms with E-state index < -0.39 is 0 Å². The molecule has 5 nitrogen and oxygen atoms in total. The molecular formula is C13H28N4O. The first kappa shape index (κ1) is 18.9. The van der Waals surface area contributed by atoms with Gasteiger partial charge in [0.1, 0.15) is 0 Å². The summed E-state index contributed by atoms with van der Waals surface area (Å²) < 4.78 is 0. The van der Waals surface area contributed by atoms with Crippen molar-refractivity contribution in [1.82, 2.24) is 20.9 Å². The minimum atomic E-state index is 0.672. The van der Waals surface area contributed by atoms with Crippen LogP contribution in [0, 0.1) is 0 Å². The first-order chi connectivity index (χ1) is 8.85. The fourth-order valence-electron chi connectivity index (χ4n) is 1.27. The topological polar surface area (TPSA) is 56.4 Å². The summed E-state index contributed by atoms with van der Waals surface area (Å²) in [5.41, 5.74) is 0. The van der Waals surface area contributed by atoms with Crippen LogP contribution in [0.1, 0.15) is 13.8 Å². The van der Waals surface area contributed by atoms with Gasteiger partial charge in [0.25, 0.3) is 0 Å². The summed E-state index contributed by atoms with van der Waals surface area (Å²) in [5.74, 6) is 0. The smallest absolute Gasteiger partial charge is 0.207 e.